The minimum atomic E-state index is -3.37. The molecule has 2 aliphatic rings. The summed E-state index contributed by atoms with van der Waals surface area (Å²) in [7, 11) is -3.37. The standard InChI is InChI=1S/C14H27N3O2S/c1-11-7-9-14(10-8-11,13(15)16)17-20(18,19)12-5-3-2-4-6-12/h11-12,17H,2-10H2,1H3,(H3,15,16). The summed E-state index contributed by atoms with van der Waals surface area (Å²) in [5, 5.41) is 7.55. The molecule has 0 aromatic heterocycles. The van der Waals surface area contributed by atoms with Gasteiger partial charge in [-0.1, -0.05) is 26.2 Å². The monoisotopic (exact) mass is 301 g/mol. The molecule has 5 nitrogen and oxygen atoms in total. The van der Waals surface area contributed by atoms with Crippen LogP contribution in [0.2, 0.25) is 0 Å². The highest BCUT2D eigenvalue weighted by molar-refractivity contribution is 7.90. The Bertz CT molecular complexity index is 447. The van der Waals surface area contributed by atoms with E-state index in [9.17, 15) is 8.42 Å². The second-order valence-corrected chi connectivity index (χ2v) is 8.55. The lowest BCUT2D eigenvalue weighted by Crippen LogP contribution is -2.60. The van der Waals surface area contributed by atoms with E-state index in [1.54, 1.807) is 0 Å². The lowest BCUT2D eigenvalue weighted by atomic mass is 9.77. The summed E-state index contributed by atoms with van der Waals surface area (Å²) in [4.78, 5) is 0. The van der Waals surface area contributed by atoms with Gasteiger partial charge < -0.3 is 5.73 Å². The second kappa shape index (κ2) is 6.02. The average molecular weight is 301 g/mol. The zero-order valence-corrected chi connectivity index (χ0v) is 13.1. The molecule has 0 spiro atoms. The van der Waals surface area contributed by atoms with Crippen LogP contribution in [0.25, 0.3) is 0 Å². The quantitative estimate of drug-likeness (QED) is 0.548. The molecule has 20 heavy (non-hydrogen) atoms. The van der Waals surface area contributed by atoms with Crippen LogP contribution in [-0.2, 0) is 10.0 Å². The van der Waals surface area contributed by atoms with Crippen molar-refractivity contribution in [2.45, 2.75) is 75.5 Å². The van der Waals surface area contributed by atoms with Crippen LogP contribution in [0.4, 0.5) is 0 Å². The first kappa shape index (κ1) is 15.8. The topological polar surface area (TPSA) is 96.0 Å². The molecule has 0 atom stereocenters. The molecule has 0 unspecified atom stereocenters. The van der Waals surface area contributed by atoms with E-state index in [1.165, 1.54) is 0 Å². The Morgan fingerprint density at radius 3 is 2.20 bits per heavy atom. The number of hydrogen-bond donors (Lipinski definition) is 3. The molecule has 0 saturated heterocycles. The van der Waals surface area contributed by atoms with Gasteiger partial charge in [0.1, 0.15) is 5.84 Å². The van der Waals surface area contributed by atoms with E-state index in [2.05, 4.69) is 11.6 Å². The van der Waals surface area contributed by atoms with Crippen LogP contribution in [0.5, 0.6) is 0 Å². The fourth-order valence-electron chi connectivity index (χ4n) is 3.41. The molecular formula is C14H27N3O2S. The molecule has 4 N–H and O–H groups in total. The number of rotatable bonds is 4. The lowest BCUT2D eigenvalue weighted by molar-refractivity contribution is 0.284. The van der Waals surface area contributed by atoms with Crippen molar-refractivity contribution in [2.24, 2.45) is 11.7 Å². The Balaban J connectivity index is 2.13. The van der Waals surface area contributed by atoms with Gasteiger partial charge in [0.25, 0.3) is 0 Å². The van der Waals surface area contributed by atoms with Crippen LogP contribution >= 0.6 is 0 Å². The predicted molar refractivity (Wildman–Crippen MR) is 81.2 cm³/mol. The van der Waals surface area contributed by atoms with Gasteiger partial charge in [0.15, 0.2) is 0 Å². The number of sulfonamides is 1. The summed E-state index contributed by atoms with van der Waals surface area (Å²) in [5.41, 5.74) is 4.91. The fraction of sp³-hybridized carbons (Fsp3) is 0.929. The maximum atomic E-state index is 12.6. The van der Waals surface area contributed by atoms with Crippen molar-refractivity contribution >= 4 is 15.9 Å². The summed E-state index contributed by atoms with van der Waals surface area (Å²) in [6, 6.07) is 0. The van der Waals surface area contributed by atoms with Crippen molar-refractivity contribution in [3.05, 3.63) is 0 Å². The van der Waals surface area contributed by atoms with Crippen molar-refractivity contribution < 1.29 is 8.42 Å². The Hall–Kier alpha value is -0.620. The molecule has 0 bridgehead atoms. The summed E-state index contributed by atoms with van der Waals surface area (Å²) in [6.45, 7) is 2.17. The van der Waals surface area contributed by atoms with Crippen molar-refractivity contribution in [1.29, 1.82) is 5.41 Å². The van der Waals surface area contributed by atoms with Crippen molar-refractivity contribution in [3.63, 3.8) is 0 Å². The van der Waals surface area contributed by atoms with Gasteiger partial charge in [-0.2, -0.15) is 0 Å². The molecule has 0 aromatic rings. The molecule has 2 rings (SSSR count). The summed E-state index contributed by atoms with van der Waals surface area (Å²) >= 11 is 0. The van der Waals surface area contributed by atoms with Crippen molar-refractivity contribution in [2.75, 3.05) is 0 Å². The third-order valence-corrected chi connectivity index (χ3v) is 7.00. The molecule has 0 radical (unpaired) electrons. The summed E-state index contributed by atoms with van der Waals surface area (Å²) in [6.07, 6.45) is 7.70. The van der Waals surface area contributed by atoms with Gasteiger partial charge in [-0.3, -0.25) is 5.41 Å². The van der Waals surface area contributed by atoms with Crippen LogP contribution < -0.4 is 10.5 Å². The molecule has 2 fully saturated rings. The summed E-state index contributed by atoms with van der Waals surface area (Å²) < 4.78 is 28.0. The second-order valence-electron chi connectivity index (χ2n) is 6.59. The number of nitrogens with one attached hydrogen (secondary N) is 2. The van der Waals surface area contributed by atoms with E-state index in [-0.39, 0.29) is 11.1 Å². The van der Waals surface area contributed by atoms with E-state index in [1.807, 2.05) is 0 Å². The predicted octanol–water partition coefficient (Wildman–Crippen LogP) is 2.12. The number of hydrogen-bond acceptors (Lipinski definition) is 3. The van der Waals surface area contributed by atoms with E-state index < -0.39 is 15.6 Å². The molecule has 116 valence electrons. The van der Waals surface area contributed by atoms with Gasteiger partial charge in [0.05, 0.1) is 10.8 Å². The van der Waals surface area contributed by atoms with Crippen molar-refractivity contribution in [1.82, 2.24) is 4.72 Å². The summed E-state index contributed by atoms with van der Waals surface area (Å²) in [5.74, 6) is 0.561. The molecule has 6 heteroatoms. The van der Waals surface area contributed by atoms with Crippen molar-refractivity contribution in [3.8, 4) is 0 Å². The Kier molecular flexibility index (Phi) is 4.74. The zero-order valence-electron chi connectivity index (χ0n) is 12.3. The van der Waals surface area contributed by atoms with Crippen LogP contribution in [0, 0.1) is 11.3 Å². The van der Waals surface area contributed by atoms with E-state index in [0.717, 1.165) is 44.9 Å². The highest BCUT2D eigenvalue weighted by Crippen LogP contribution is 2.34. The highest BCUT2D eigenvalue weighted by Gasteiger charge is 2.42. The van der Waals surface area contributed by atoms with Gasteiger partial charge >= 0.3 is 0 Å². The van der Waals surface area contributed by atoms with Crippen LogP contribution in [0.1, 0.15) is 64.7 Å². The number of nitrogens with two attached hydrogens (primary N) is 1. The zero-order chi connectivity index (χ0) is 14.8. The maximum absolute atomic E-state index is 12.6. The van der Waals surface area contributed by atoms with Gasteiger partial charge in [-0.25, -0.2) is 13.1 Å². The van der Waals surface area contributed by atoms with Crippen LogP contribution in [0.3, 0.4) is 0 Å². The third kappa shape index (κ3) is 3.34. The molecule has 2 saturated carbocycles. The van der Waals surface area contributed by atoms with Gasteiger partial charge in [-0.15, -0.1) is 0 Å². The Morgan fingerprint density at radius 2 is 1.70 bits per heavy atom. The molecule has 0 aliphatic heterocycles. The molecule has 0 heterocycles. The molecule has 2 aliphatic carbocycles. The Labute approximate surface area is 122 Å². The van der Waals surface area contributed by atoms with E-state index in [4.69, 9.17) is 11.1 Å². The first-order chi connectivity index (χ1) is 9.36. The average Bonchev–Trinajstić information content (AvgIpc) is 2.42. The van der Waals surface area contributed by atoms with E-state index in [0.29, 0.717) is 18.8 Å². The van der Waals surface area contributed by atoms with Crippen LogP contribution in [0.15, 0.2) is 0 Å². The third-order valence-electron chi connectivity index (χ3n) is 4.97. The smallest absolute Gasteiger partial charge is 0.215 e. The van der Waals surface area contributed by atoms with Gasteiger partial charge in [0, 0.05) is 0 Å². The normalized spacial score (nSPS) is 33.0. The highest BCUT2D eigenvalue weighted by atomic mass is 32.2. The van der Waals surface area contributed by atoms with Gasteiger partial charge in [0.2, 0.25) is 10.0 Å². The first-order valence-electron chi connectivity index (χ1n) is 7.73. The minimum Gasteiger partial charge on any atom is -0.386 e. The molecular weight excluding hydrogens is 274 g/mol. The maximum Gasteiger partial charge on any atom is 0.215 e. The SMILES string of the molecule is CC1CCC(NS(=O)(=O)C2CCCCC2)(C(=N)N)CC1. The number of amidine groups is 1. The first-order valence-corrected chi connectivity index (χ1v) is 9.28. The van der Waals surface area contributed by atoms with Crippen LogP contribution in [-0.4, -0.2) is 25.0 Å². The molecule has 0 aromatic carbocycles. The molecule has 0 amide bonds. The Morgan fingerprint density at radius 1 is 1.15 bits per heavy atom. The largest absolute Gasteiger partial charge is 0.386 e. The minimum absolute atomic E-state index is 0.0243. The van der Waals surface area contributed by atoms with Gasteiger partial charge in [-0.05, 0) is 44.4 Å². The van der Waals surface area contributed by atoms with E-state index >= 15 is 0 Å². The lowest BCUT2D eigenvalue weighted by Gasteiger charge is -2.40. The fourth-order valence-corrected chi connectivity index (χ4v) is 5.39.